The summed E-state index contributed by atoms with van der Waals surface area (Å²) < 4.78 is 0. The van der Waals surface area contributed by atoms with Crippen LogP contribution in [0.15, 0.2) is 30.3 Å². The molecule has 2 nitrogen and oxygen atoms in total. The van der Waals surface area contributed by atoms with Gasteiger partial charge in [-0.25, -0.2) is 0 Å². The summed E-state index contributed by atoms with van der Waals surface area (Å²) in [5, 5.41) is 0. The van der Waals surface area contributed by atoms with E-state index in [1.165, 1.54) is 24.8 Å². The fourth-order valence-corrected chi connectivity index (χ4v) is 5.02. The molecule has 0 unspecified atom stereocenters. The van der Waals surface area contributed by atoms with Crippen molar-refractivity contribution in [1.29, 1.82) is 0 Å². The van der Waals surface area contributed by atoms with Crippen molar-refractivity contribution in [1.82, 2.24) is 4.90 Å². The third-order valence-corrected chi connectivity index (χ3v) is 5.72. The van der Waals surface area contributed by atoms with E-state index in [-0.39, 0.29) is 0 Å². The van der Waals surface area contributed by atoms with E-state index in [0.717, 1.165) is 25.9 Å². The number of hydrogen-bond acceptors (Lipinski definition) is 2. The molecule has 1 saturated heterocycles. The zero-order chi connectivity index (χ0) is 12.9. The first-order chi connectivity index (χ1) is 9.28. The Kier molecular flexibility index (Phi) is 2.56. The van der Waals surface area contributed by atoms with E-state index in [2.05, 4.69) is 35.2 Å². The summed E-state index contributed by atoms with van der Waals surface area (Å²) in [6.07, 6.45) is 5.63. The van der Waals surface area contributed by atoms with Crippen molar-refractivity contribution in [2.45, 2.75) is 44.7 Å². The Labute approximate surface area is 114 Å². The van der Waals surface area contributed by atoms with Gasteiger partial charge in [-0.05, 0) is 29.7 Å². The van der Waals surface area contributed by atoms with Gasteiger partial charge in [-0.3, -0.25) is 9.69 Å². The highest BCUT2D eigenvalue weighted by Gasteiger charge is 2.60. The van der Waals surface area contributed by atoms with Crippen molar-refractivity contribution in [3.05, 3.63) is 35.9 Å². The molecule has 2 aliphatic carbocycles. The largest absolute Gasteiger partial charge is 0.300 e. The molecule has 0 radical (unpaired) electrons. The smallest absolute Gasteiger partial charge is 0.133 e. The van der Waals surface area contributed by atoms with E-state index in [9.17, 15) is 4.79 Å². The van der Waals surface area contributed by atoms with Gasteiger partial charge in [0.1, 0.15) is 5.78 Å². The third kappa shape index (κ3) is 1.69. The number of hydrogen-bond donors (Lipinski definition) is 0. The topological polar surface area (TPSA) is 20.3 Å². The van der Waals surface area contributed by atoms with Crippen molar-refractivity contribution >= 4 is 5.78 Å². The van der Waals surface area contributed by atoms with Gasteiger partial charge in [0, 0.05) is 32.0 Å². The Balaban J connectivity index is 1.58. The average Bonchev–Trinajstić information content (AvgIpc) is 3.00. The Hall–Kier alpha value is -1.15. The van der Waals surface area contributed by atoms with Crippen LogP contribution < -0.4 is 0 Å². The maximum atomic E-state index is 11.8. The molecule has 100 valence electrons. The highest BCUT2D eigenvalue weighted by atomic mass is 16.1. The fraction of sp³-hybridized carbons (Fsp3) is 0.588. The molecule has 3 fully saturated rings. The molecule has 19 heavy (non-hydrogen) atoms. The maximum Gasteiger partial charge on any atom is 0.133 e. The van der Waals surface area contributed by atoms with Crippen molar-refractivity contribution in [3.63, 3.8) is 0 Å². The molecule has 0 bridgehead atoms. The Morgan fingerprint density at radius 1 is 1.26 bits per heavy atom. The summed E-state index contributed by atoms with van der Waals surface area (Å²) in [7, 11) is 0. The SMILES string of the molecule is O=C1C[C@H]2CN(Cc3ccccc3)[C@@H]3CCC[C@]23C1. The van der Waals surface area contributed by atoms with Gasteiger partial charge in [-0.1, -0.05) is 36.8 Å². The van der Waals surface area contributed by atoms with E-state index in [1.54, 1.807) is 0 Å². The lowest BCUT2D eigenvalue weighted by Crippen LogP contribution is -2.35. The molecule has 0 amide bonds. The van der Waals surface area contributed by atoms with E-state index in [0.29, 0.717) is 23.2 Å². The van der Waals surface area contributed by atoms with Gasteiger partial charge in [-0.15, -0.1) is 0 Å². The van der Waals surface area contributed by atoms with Crippen LogP contribution in [0.3, 0.4) is 0 Å². The first-order valence-corrected chi connectivity index (χ1v) is 7.58. The highest BCUT2D eigenvalue weighted by molar-refractivity contribution is 5.82. The van der Waals surface area contributed by atoms with Gasteiger partial charge in [-0.2, -0.15) is 0 Å². The molecule has 1 aliphatic heterocycles. The highest BCUT2D eigenvalue weighted by Crippen LogP contribution is 2.59. The first kappa shape index (κ1) is 11.7. The van der Waals surface area contributed by atoms with Crippen LogP contribution in [0, 0.1) is 11.3 Å². The fourth-order valence-electron chi connectivity index (χ4n) is 5.02. The summed E-state index contributed by atoms with van der Waals surface area (Å²) in [4.78, 5) is 14.5. The quantitative estimate of drug-likeness (QED) is 0.809. The normalized spacial score (nSPS) is 37.6. The van der Waals surface area contributed by atoms with Crippen LogP contribution in [-0.2, 0) is 11.3 Å². The molecule has 3 aliphatic rings. The lowest BCUT2D eigenvalue weighted by Gasteiger charge is -2.31. The number of ketones is 1. The second-order valence-corrected chi connectivity index (χ2v) is 6.67. The number of Topliss-reactive ketones (excluding diaryl/α,β-unsaturated/α-hetero) is 1. The maximum absolute atomic E-state index is 11.8. The van der Waals surface area contributed by atoms with Crippen molar-refractivity contribution in [2.24, 2.45) is 11.3 Å². The molecule has 4 rings (SSSR count). The van der Waals surface area contributed by atoms with Gasteiger partial charge in [0.2, 0.25) is 0 Å². The van der Waals surface area contributed by atoms with E-state index in [1.807, 2.05) is 0 Å². The first-order valence-electron chi connectivity index (χ1n) is 7.58. The van der Waals surface area contributed by atoms with Gasteiger partial charge < -0.3 is 0 Å². The van der Waals surface area contributed by atoms with Crippen molar-refractivity contribution in [3.8, 4) is 0 Å². The predicted molar refractivity (Wildman–Crippen MR) is 74.7 cm³/mol. The minimum Gasteiger partial charge on any atom is -0.300 e. The molecular formula is C17H21NO. The molecule has 1 aromatic rings. The number of likely N-dealkylation sites (tertiary alicyclic amines) is 1. The summed E-state index contributed by atoms with van der Waals surface area (Å²) in [6, 6.07) is 11.4. The number of rotatable bonds is 2. The number of nitrogens with zero attached hydrogens (tertiary/aromatic N) is 1. The van der Waals surface area contributed by atoms with E-state index < -0.39 is 0 Å². The summed E-state index contributed by atoms with van der Waals surface area (Å²) >= 11 is 0. The summed E-state index contributed by atoms with van der Waals surface area (Å²) in [6.45, 7) is 2.21. The third-order valence-electron chi connectivity index (χ3n) is 5.72. The van der Waals surface area contributed by atoms with Gasteiger partial charge >= 0.3 is 0 Å². The predicted octanol–water partition coefficient (Wildman–Crippen LogP) is 3.02. The zero-order valence-corrected chi connectivity index (χ0v) is 11.3. The second-order valence-electron chi connectivity index (χ2n) is 6.67. The van der Waals surface area contributed by atoms with E-state index in [4.69, 9.17) is 0 Å². The van der Waals surface area contributed by atoms with Gasteiger partial charge in [0.15, 0.2) is 0 Å². The summed E-state index contributed by atoms with van der Waals surface area (Å²) in [5.74, 6) is 1.17. The van der Waals surface area contributed by atoms with Crippen LogP contribution >= 0.6 is 0 Å². The molecule has 1 heterocycles. The number of carbonyl (C=O) groups is 1. The van der Waals surface area contributed by atoms with Crippen LogP contribution in [0.4, 0.5) is 0 Å². The van der Waals surface area contributed by atoms with Gasteiger partial charge in [0.25, 0.3) is 0 Å². The Bertz CT molecular complexity index is 497. The van der Waals surface area contributed by atoms with Crippen molar-refractivity contribution in [2.75, 3.05) is 6.54 Å². The van der Waals surface area contributed by atoms with Gasteiger partial charge in [0.05, 0.1) is 0 Å². The molecule has 0 aromatic heterocycles. The molecule has 2 saturated carbocycles. The Morgan fingerprint density at radius 3 is 2.95 bits per heavy atom. The molecule has 3 atom stereocenters. The molecular weight excluding hydrogens is 234 g/mol. The minimum absolute atomic E-state index is 0.367. The lowest BCUT2D eigenvalue weighted by molar-refractivity contribution is -0.118. The molecule has 1 aromatic carbocycles. The number of benzene rings is 1. The Morgan fingerprint density at radius 2 is 2.11 bits per heavy atom. The standard InChI is InChI=1S/C17H21NO/c19-15-9-14-12-18(11-13-5-2-1-3-6-13)16-7-4-8-17(14,16)10-15/h1-3,5-6,14,16H,4,7-12H2/t14-,16+,17-/m0/s1. The second kappa shape index (κ2) is 4.17. The number of carbonyl (C=O) groups excluding carboxylic acids is 1. The summed E-state index contributed by atoms with van der Waals surface area (Å²) in [5.41, 5.74) is 1.78. The molecule has 0 N–H and O–H groups in total. The van der Waals surface area contributed by atoms with E-state index >= 15 is 0 Å². The average molecular weight is 255 g/mol. The van der Waals surface area contributed by atoms with Crippen LogP contribution in [-0.4, -0.2) is 23.3 Å². The van der Waals surface area contributed by atoms with Crippen LogP contribution in [0.2, 0.25) is 0 Å². The zero-order valence-electron chi connectivity index (χ0n) is 11.3. The van der Waals surface area contributed by atoms with Crippen LogP contribution in [0.25, 0.3) is 0 Å². The molecule has 1 spiro atoms. The monoisotopic (exact) mass is 255 g/mol. The van der Waals surface area contributed by atoms with Crippen LogP contribution in [0.1, 0.15) is 37.7 Å². The minimum atomic E-state index is 0.367. The van der Waals surface area contributed by atoms with Crippen molar-refractivity contribution < 1.29 is 4.79 Å². The molecule has 2 heteroatoms. The van der Waals surface area contributed by atoms with Crippen LogP contribution in [0.5, 0.6) is 0 Å². The lowest BCUT2D eigenvalue weighted by atomic mass is 9.77.